The maximum atomic E-state index is 12.8. The first-order valence-electron chi connectivity index (χ1n) is 8.30. The van der Waals surface area contributed by atoms with Crippen molar-refractivity contribution in [3.8, 4) is 0 Å². The van der Waals surface area contributed by atoms with E-state index in [0.717, 1.165) is 15.8 Å². The molecule has 1 atom stereocenters. The SMILES string of the molecule is CCC(C(=O)Nc1sc(C(N)=O)c(C)c1C(=O)OC(C)C)n1cc(Br)cn1. The average molecular weight is 457 g/mol. The number of ether oxygens (including phenoxy) is 1. The maximum absolute atomic E-state index is 12.8. The van der Waals surface area contributed by atoms with Gasteiger partial charge in [0.1, 0.15) is 11.0 Å². The monoisotopic (exact) mass is 456 g/mol. The number of nitrogens with zero attached hydrogens (tertiary/aromatic N) is 2. The van der Waals surface area contributed by atoms with E-state index in [4.69, 9.17) is 10.5 Å². The topological polar surface area (TPSA) is 116 Å². The van der Waals surface area contributed by atoms with Crippen LogP contribution in [0.2, 0.25) is 0 Å². The van der Waals surface area contributed by atoms with Crippen LogP contribution in [0.3, 0.4) is 0 Å². The Balaban J connectivity index is 2.38. The lowest BCUT2D eigenvalue weighted by atomic mass is 10.1. The van der Waals surface area contributed by atoms with Gasteiger partial charge in [0.25, 0.3) is 5.91 Å². The number of amides is 2. The largest absolute Gasteiger partial charge is 0.459 e. The minimum Gasteiger partial charge on any atom is -0.459 e. The zero-order chi connectivity index (χ0) is 20.3. The van der Waals surface area contributed by atoms with E-state index < -0.39 is 17.9 Å². The normalized spacial score (nSPS) is 12.1. The number of hydrogen-bond acceptors (Lipinski definition) is 6. The molecule has 0 spiro atoms. The Hall–Kier alpha value is -2.20. The third-order valence-electron chi connectivity index (χ3n) is 3.73. The smallest absolute Gasteiger partial charge is 0.341 e. The molecule has 0 aromatic carbocycles. The quantitative estimate of drug-likeness (QED) is 0.619. The molecule has 2 aromatic heterocycles. The Kier molecular flexibility index (Phi) is 6.77. The second-order valence-corrected chi connectivity index (χ2v) is 8.07. The molecule has 2 rings (SSSR count). The van der Waals surface area contributed by atoms with E-state index in [9.17, 15) is 14.4 Å². The van der Waals surface area contributed by atoms with Gasteiger partial charge in [0.2, 0.25) is 5.91 Å². The van der Waals surface area contributed by atoms with Crippen LogP contribution in [0.5, 0.6) is 0 Å². The summed E-state index contributed by atoms with van der Waals surface area (Å²) in [6.07, 6.45) is 3.42. The number of halogens is 1. The second kappa shape index (κ2) is 8.66. The molecule has 10 heteroatoms. The Morgan fingerprint density at radius 2 is 2.07 bits per heavy atom. The minimum atomic E-state index is -0.667. The highest BCUT2D eigenvalue weighted by molar-refractivity contribution is 9.10. The highest BCUT2D eigenvalue weighted by Crippen LogP contribution is 2.34. The Morgan fingerprint density at radius 3 is 2.56 bits per heavy atom. The fraction of sp³-hybridized carbons (Fsp3) is 0.412. The predicted molar refractivity (Wildman–Crippen MR) is 106 cm³/mol. The highest BCUT2D eigenvalue weighted by Gasteiger charge is 2.28. The Bertz CT molecular complexity index is 874. The Morgan fingerprint density at radius 1 is 1.41 bits per heavy atom. The number of carbonyl (C=O) groups excluding carboxylic acids is 3. The lowest BCUT2D eigenvalue weighted by Crippen LogP contribution is -2.26. The number of nitrogens with one attached hydrogen (secondary N) is 1. The molecule has 2 amide bonds. The third kappa shape index (κ3) is 4.75. The van der Waals surface area contributed by atoms with Crippen LogP contribution in [-0.2, 0) is 9.53 Å². The summed E-state index contributed by atoms with van der Waals surface area (Å²) in [6, 6.07) is -0.579. The molecule has 3 N–H and O–H groups in total. The highest BCUT2D eigenvalue weighted by atomic mass is 79.9. The molecule has 1 unspecified atom stereocenters. The fourth-order valence-corrected chi connectivity index (χ4v) is 3.88. The number of nitrogens with two attached hydrogens (primary N) is 1. The van der Waals surface area contributed by atoms with Crippen molar-refractivity contribution in [2.45, 2.75) is 46.3 Å². The van der Waals surface area contributed by atoms with E-state index in [-0.39, 0.29) is 27.5 Å². The number of esters is 1. The van der Waals surface area contributed by atoms with E-state index in [1.54, 1.807) is 33.2 Å². The van der Waals surface area contributed by atoms with Crippen molar-refractivity contribution in [1.29, 1.82) is 0 Å². The summed E-state index contributed by atoms with van der Waals surface area (Å²) in [5.41, 5.74) is 5.93. The van der Waals surface area contributed by atoms with Crippen LogP contribution in [0.25, 0.3) is 0 Å². The molecule has 0 aliphatic carbocycles. The molecule has 0 aliphatic heterocycles. The van der Waals surface area contributed by atoms with E-state index in [0.29, 0.717) is 12.0 Å². The zero-order valence-corrected chi connectivity index (χ0v) is 17.8. The van der Waals surface area contributed by atoms with Gasteiger partial charge < -0.3 is 15.8 Å². The molecule has 2 heterocycles. The molecule has 0 aliphatic rings. The second-order valence-electron chi connectivity index (χ2n) is 6.13. The summed E-state index contributed by atoms with van der Waals surface area (Å²) in [4.78, 5) is 37.2. The summed E-state index contributed by atoms with van der Waals surface area (Å²) in [5.74, 6) is -1.64. The number of anilines is 1. The summed E-state index contributed by atoms with van der Waals surface area (Å²) < 4.78 is 7.52. The van der Waals surface area contributed by atoms with Crippen molar-refractivity contribution >= 4 is 50.1 Å². The fourth-order valence-electron chi connectivity index (χ4n) is 2.53. The predicted octanol–water partition coefficient (Wildman–Crippen LogP) is 3.27. The van der Waals surface area contributed by atoms with Gasteiger partial charge >= 0.3 is 5.97 Å². The van der Waals surface area contributed by atoms with Crippen LogP contribution in [0, 0.1) is 6.92 Å². The Labute approximate surface area is 169 Å². The first-order chi connectivity index (χ1) is 12.6. The minimum absolute atomic E-state index is 0.146. The number of aromatic nitrogens is 2. The van der Waals surface area contributed by atoms with Crippen molar-refractivity contribution in [2.24, 2.45) is 5.73 Å². The van der Waals surface area contributed by atoms with Crippen LogP contribution in [-0.4, -0.2) is 33.7 Å². The number of thiophene rings is 1. The molecule has 0 fully saturated rings. The van der Waals surface area contributed by atoms with Crippen LogP contribution in [0.4, 0.5) is 5.00 Å². The standard InChI is InChI=1S/C17H21BrN4O4S/c1-5-11(22-7-10(18)6-20-22)15(24)21-16-12(17(25)26-8(2)3)9(4)13(27-16)14(19)23/h6-8,11H,5H2,1-4H3,(H2,19,23)(H,21,24). The lowest BCUT2D eigenvalue weighted by molar-refractivity contribution is -0.119. The van der Waals surface area contributed by atoms with Crippen molar-refractivity contribution in [2.75, 3.05) is 5.32 Å². The van der Waals surface area contributed by atoms with Crippen LogP contribution in [0.15, 0.2) is 16.9 Å². The molecule has 0 saturated heterocycles. The third-order valence-corrected chi connectivity index (χ3v) is 5.36. The molecular formula is C17H21BrN4O4S. The van der Waals surface area contributed by atoms with E-state index in [2.05, 4.69) is 26.3 Å². The molecule has 27 heavy (non-hydrogen) atoms. The summed E-state index contributed by atoms with van der Waals surface area (Å²) >= 11 is 4.26. The van der Waals surface area contributed by atoms with E-state index in [1.807, 2.05) is 6.92 Å². The molecule has 0 bridgehead atoms. The van der Waals surface area contributed by atoms with Crippen molar-refractivity contribution in [1.82, 2.24) is 9.78 Å². The van der Waals surface area contributed by atoms with Gasteiger partial charge in [-0.1, -0.05) is 6.92 Å². The van der Waals surface area contributed by atoms with E-state index >= 15 is 0 Å². The zero-order valence-electron chi connectivity index (χ0n) is 15.4. The van der Waals surface area contributed by atoms with Gasteiger partial charge in [0, 0.05) is 6.20 Å². The van der Waals surface area contributed by atoms with Crippen molar-refractivity contribution in [3.05, 3.63) is 32.9 Å². The van der Waals surface area contributed by atoms with Crippen LogP contribution in [0.1, 0.15) is 58.8 Å². The summed E-state index contributed by atoms with van der Waals surface area (Å²) in [7, 11) is 0. The molecule has 8 nitrogen and oxygen atoms in total. The first-order valence-corrected chi connectivity index (χ1v) is 9.91. The van der Waals surface area contributed by atoms with Crippen molar-refractivity contribution in [3.63, 3.8) is 0 Å². The maximum Gasteiger partial charge on any atom is 0.341 e. The number of primary amides is 1. The summed E-state index contributed by atoms with van der Waals surface area (Å²) in [5, 5.41) is 7.12. The van der Waals surface area contributed by atoms with Gasteiger partial charge in [-0.15, -0.1) is 11.3 Å². The molecule has 2 aromatic rings. The van der Waals surface area contributed by atoms with E-state index in [1.165, 1.54) is 4.68 Å². The molecule has 0 radical (unpaired) electrons. The van der Waals surface area contributed by atoms with Crippen molar-refractivity contribution < 1.29 is 19.1 Å². The van der Waals surface area contributed by atoms with Gasteiger partial charge in [-0.3, -0.25) is 14.3 Å². The molecule has 146 valence electrons. The van der Waals surface area contributed by atoms with Crippen LogP contribution < -0.4 is 11.1 Å². The van der Waals surface area contributed by atoms with Crippen LogP contribution >= 0.6 is 27.3 Å². The molecule has 0 saturated carbocycles. The average Bonchev–Trinajstić information content (AvgIpc) is 3.11. The lowest BCUT2D eigenvalue weighted by Gasteiger charge is -2.16. The number of hydrogen-bond donors (Lipinski definition) is 2. The van der Waals surface area contributed by atoms with Gasteiger partial charge in [0.15, 0.2) is 0 Å². The molecular weight excluding hydrogens is 436 g/mol. The van der Waals surface area contributed by atoms with Gasteiger partial charge in [-0.05, 0) is 48.7 Å². The number of rotatable bonds is 7. The van der Waals surface area contributed by atoms with Gasteiger partial charge in [-0.25, -0.2) is 4.79 Å². The summed E-state index contributed by atoms with van der Waals surface area (Å²) in [6.45, 7) is 6.89. The van der Waals surface area contributed by atoms with Gasteiger partial charge in [0.05, 0.1) is 27.2 Å². The van der Waals surface area contributed by atoms with Gasteiger partial charge in [-0.2, -0.15) is 5.10 Å². The first kappa shape index (κ1) is 21.1. The number of carbonyl (C=O) groups is 3.